The smallest absolute Gasteiger partial charge is 0.0954 e. The molecule has 0 amide bonds. The van der Waals surface area contributed by atoms with Crippen LogP contribution in [-0.2, 0) is 4.74 Å². The zero-order valence-corrected chi connectivity index (χ0v) is 9.76. The maximum atomic E-state index is 10.5. The van der Waals surface area contributed by atoms with E-state index >= 15 is 0 Å². The van der Waals surface area contributed by atoms with Gasteiger partial charge in [0.2, 0.25) is 0 Å². The highest BCUT2D eigenvalue weighted by Crippen LogP contribution is 2.36. The van der Waals surface area contributed by atoms with Crippen LogP contribution in [0.4, 0.5) is 0 Å². The Bertz CT molecular complexity index is 192. The van der Waals surface area contributed by atoms with Crippen molar-refractivity contribution in [1.82, 2.24) is 5.32 Å². The van der Waals surface area contributed by atoms with E-state index in [1.807, 2.05) is 13.8 Å². The van der Waals surface area contributed by atoms with Crippen molar-refractivity contribution in [2.45, 2.75) is 45.8 Å². The summed E-state index contributed by atoms with van der Waals surface area (Å²) in [5.41, 5.74) is -0.789. The van der Waals surface area contributed by atoms with Crippen LogP contribution < -0.4 is 5.32 Å². The van der Waals surface area contributed by atoms with E-state index in [0.717, 1.165) is 19.5 Å². The second kappa shape index (κ2) is 4.17. The summed E-state index contributed by atoms with van der Waals surface area (Å²) in [6.45, 7) is 10.3. The van der Waals surface area contributed by atoms with Crippen LogP contribution in [0.3, 0.4) is 0 Å². The molecule has 0 spiro atoms. The second-order valence-electron chi connectivity index (χ2n) is 5.20. The van der Waals surface area contributed by atoms with E-state index in [9.17, 15) is 5.11 Å². The summed E-state index contributed by atoms with van der Waals surface area (Å²) in [4.78, 5) is 0. The molecule has 0 aromatic heterocycles. The SMILES string of the molecule is CC(C)OCC1(O)CCNCC1(C)C. The molecule has 0 bridgehead atoms. The minimum Gasteiger partial charge on any atom is -0.387 e. The van der Waals surface area contributed by atoms with E-state index in [1.165, 1.54) is 0 Å². The van der Waals surface area contributed by atoms with Crippen molar-refractivity contribution >= 4 is 0 Å². The summed E-state index contributed by atoms with van der Waals surface area (Å²) in [6.07, 6.45) is 0.955. The minimum absolute atomic E-state index is 0.111. The average Bonchev–Trinajstić information content (AvgIpc) is 2.07. The molecule has 2 N–H and O–H groups in total. The third kappa shape index (κ3) is 2.47. The number of hydrogen-bond donors (Lipinski definition) is 2. The van der Waals surface area contributed by atoms with Gasteiger partial charge in [-0.05, 0) is 26.8 Å². The van der Waals surface area contributed by atoms with E-state index in [4.69, 9.17) is 4.74 Å². The Morgan fingerprint density at radius 3 is 2.57 bits per heavy atom. The van der Waals surface area contributed by atoms with Crippen molar-refractivity contribution in [2.24, 2.45) is 5.41 Å². The Labute approximate surface area is 86.8 Å². The lowest BCUT2D eigenvalue weighted by Crippen LogP contribution is -2.58. The van der Waals surface area contributed by atoms with Crippen molar-refractivity contribution < 1.29 is 9.84 Å². The molecule has 3 nitrogen and oxygen atoms in total. The van der Waals surface area contributed by atoms with E-state index in [1.54, 1.807) is 0 Å². The Balaban J connectivity index is 2.59. The molecular formula is C11H23NO2. The summed E-state index contributed by atoms with van der Waals surface area (Å²) in [5, 5.41) is 13.8. The van der Waals surface area contributed by atoms with Crippen LogP contribution in [0.2, 0.25) is 0 Å². The molecule has 0 aromatic carbocycles. The first-order valence-electron chi connectivity index (χ1n) is 5.42. The average molecular weight is 201 g/mol. The van der Waals surface area contributed by atoms with Crippen LogP contribution >= 0.6 is 0 Å². The Morgan fingerprint density at radius 1 is 1.43 bits per heavy atom. The molecule has 0 aliphatic carbocycles. The lowest BCUT2D eigenvalue weighted by atomic mass is 9.71. The van der Waals surface area contributed by atoms with Crippen LogP contribution in [0.25, 0.3) is 0 Å². The van der Waals surface area contributed by atoms with Crippen LogP contribution in [0.1, 0.15) is 34.1 Å². The molecule has 1 heterocycles. The molecular weight excluding hydrogens is 178 g/mol. The van der Waals surface area contributed by atoms with Gasteiger partial charge in [-0.15, -0.1) is 0 Å². The highest BCUT2D eigenvalue weighted by Gasteiger charge is 2.45. The summed E-state index contributed by atoms with van der Waals surface area (Å²) in [6, 6.07) is 0. The zero-order chi connectivity index (χ0) is 10.8. The van der Waals surface area contributed by atoms with Crippen molar-refractivity contribution in [3.05, 3.63) is 0 Å². The molecule has 1 aliphatic rings. The first kappa shape index (κ1) is 12.0. The van der Waals surface area contributed by atoms with Gasteiger partial charge in [-0.3, -0.25) is 0 Å². The predicted octanol–water partition coefficient (Wildman–Crippen LogP) is 1.16. The summed E-state index contributed by atoms with van der Waals surface area (Å²) < 4.78 is 5.54. The predicted molar refractivity (Wildman–Crippen MR) is 57.3 cm³/mol. The van der Waals surface area contributed by atoms with Gasteiger partial charge in [-0.1, -0.05) is 13.8 Å². The second-order valence-corrected chi connectivity index (χ2v) is 5.20. The molecule has 0 aromatic rings. The fourth-order valence-corrected chi connectivity index (χ4v) is 1.77. The van der Waals surface area contributed by atoms with Gasteiger partial charge in [0.1, 0.15) is 0 Å². The van der Waals surface area contributed by atoms with Crippen molar-refractivity contribution in [2.75, 3.05) is 19.7 Å². The summed E-state index contributed by atoms with van der Waals surface area (Å²) in [7, 11) is 0. The number of nitrogens with one attached hydrogen (secondary N) is 1. The number of rotatable bonds is 3. The Morgan fingerprint density at radius 2 is 2.07 bits per heavy atom. The lowest BCUT2D eigenvalue weighted by Gasteiger charge is -2.46. The minimum atomic E-state index is -0.678. The molecule has 1 fully saturated rings. The Kier molecular flexibility index (Phi) is 3.56. The van der Waals surface area contributed by atoms with E-state index in [2.05, 4.69) is 19.2 Å². The van der Waals surface area contributed by atoms with Crippen molar-refractivity contribution in [3.63, 3.8) is 0 Å². The van der Waals surface area contributed by atoms with Gasteiger partial charge in [0.15, 0.2) is 0 Å². The van der Waals surface area contributed by atoms with Gasteiger partial charge in [0, 0.05) is 12.0 Å². The molecule has 1 rings (SSSR count). The number of aliphatic hydroxyl groups is 1. The number of ether oxygens (including phenoxy) is 1. The lowest BCUT2D eigenvalue weighted by molar-refractivity contribution is -0.144. The van der Waals surface area contributed by atoms with Crippen LogP contribution in [0.5, 0.6) is 0 Å². The van der Waals surface area contributed by atoms with Crippen LogP contribution in [0.15, 0.2) is 0 Å². The maximum absolute atomic E-state index is 10.5. The monoisotopic (exact) mass is 201 g/mol. The number of hydrogen-bond acceptors (Lipinski definition) is 3. The van der Waals surface area contributed by atoms with Gasteiger partial charge in [0.05, 0.1) is 18.3 Å². The Hall–Kier alpha value is -0.120. The molecule has 1 saturated heterocycles. The van der Waals surface area contributed by atoms with Crippen LogP contribution in [0, 0.1) is 5.41 Å². The molecule has 3 heteroatoms. The molecule has 1 unspecified atom stereocenters. The zero-order valence-electron chi connectivity index (χ0n) is 9.76. The van der Waals surface area contributed by atoms with Gasteiger partial charge < -0.3 is 15.2 Å². The van der Waals surface area contributed by atoms with E-state index < -0.39 is 5.60 Å². The molecule has 0 saturated carbocycles. The third-order valence-corrected chi connectivity index (χ3v) is 3.20. The van der Waals surface area contributed by atoms with E-state index in [-0.39, 0.29) is 11.5 Å². The fraction of sp³-hybridized carbons (Fsp3) is 1.00. The van der Waals surface area contributed by atoms with Crippen LogP contribution in [-0.4, -0.2) is 36.5 Å². The fourth-order valence-electron chi connectivity index (χ4n) is 1.77. The largest absolute Gasteiger partial charge is 0.387 e. The number of piperidine rings is 1. The maximum Gasteiger partial charge on any atom is 0.0954 e. The molecule has 14 heavy (non-hydrogen) atoms. The third-order valence-electron chi connectivity index (χ3n) is 3.20. The summed E-state index contributed by atoms with van der Waals surface area (Å²) >= 11 is 0. The highest BCUT2D eigenvalue weighted by atomic mass is 16.5. The molecule has 1 atom stereocenters. The first-order chi connectivity index (χ1) is 6.37. The van der Waals surface area contributed by atoms with E-state index in [0.29, 0.717) is 6.61 Å². The molecule has 1 aliphatic heterocycles. The standard InChI is InChI=1S/C11H23NO2/c1-9(2)14-8-11(13)5-6-12-7-10(11,3)4/h9,12-13H,5-8H2,1-4H3. The summed E-state index contributed by atoms with van der Waals surface area (Å²) in [5.74, 6) is 0. The molecule has 84 valence electrons. The van der Waals surface area contributed by atoms with Gasteiger partial charge in [-0.2, -0.15) is 0 Å². The van der Waals surface area contributed by atoms with Gasteiger partial charge in [-0.25, -0.2) is 0 Å². The quantitative estimate of drug-likeness (QED) is 0.720. The normalized spacial score (nSPS) is 32.1. The topological polar surface area (TPSA) is 41.5 Å². The van der Waals surface area contributed by atoms with Gasteiger partial charge in [0.25, 0.3) is 0 Å². The first-order valence-corrected chi connectivity index (χ1v) is 5.42. The van der Waals surface area contributed by atoms with Crippen molar-refractivity contribution in [3.8, 4) is 0 Å². The highest BCUT2D eigenvalue weighted by molar-refractivity contribution is 4.98. The van der Waals surface area contributed by atoms with Crippen molar-refractivity contribution in [1.29, 1.82) is 0 Å². The van der Waals surface area contributed by atoms with Gasteiger partial charge >= 0.3 is 0 Å². The molecule has 0 radical (unpaired) electrons.